The average Bonchev–Trinajstić information content (AvgIpc) is 3.28. The Hall–Kier alpha value is -4.59. The van der Waals surface area contributed by atoms with Gasteiger partial charge in [-0.05, 0) is 56.5 Å². The van der Waals surface area contributed by atoms with Crippen LogP contribution in [0.1, 0.15) is 66.8 Å². The molecule has 42 heavy (non-hydrogen) atoms. The Morgan fingerprint density at radius 3 is 2.14 bits per heavy atom. The molecule has 1 aromatic carbocycles. The molecular formula is C28H29F4N5O5. The molecule has 4 aromatic rings. The molecule has 0 fully saturated rings. The minimum absolute atomic E-state index is 0.165. The minimum Gasteiger partial charge on any atom is -0.475 e. The molecule has 0 aliphatic heterocycles. The van der Waals surface area contributed by atoms with Gasteiger partial charge in [-0.15, -0.1) is 5.10 Å². The van der Waals surface area contributed by atoms with Gasteiger partial charge in [0.2, 0.25) is 0 Å². The lowest BCUT2D eigenvalue weighted by atomic mass is 9.91. The Kier molecular flexibility index (Phi) is 9.20. The first-order valence-electron chi connectivity index (χ1n) is 12.6. The van der Waals surface area contributed by atoms with E-state index in [2.05, 4.69) is 20.4 Å². The van der Waals surface area contributed by atoms with Crippen LogP contribution in [0.4, 0.5) is 17.6 Å². The summed E-state index contributed by atoms with van der Waals surface area (Å²) in [6.45, 7) is 8.76. The lowest BCUT2D eigenvalue weighted by Gasteiger charge is -2.30. The number of hydrogen-bond acceptors (Lipinski definition) is 6. The van der Waals surface area contributed by atoms with Gasteiger partial charge >= 0.3 is 12.1 Å². The zero-order valence-electron chi connectivity index (χ0n) is 23.2. The highest BCUT2D eigenvalue weighted by molar-refractivity contribution is 5.98. The fourth-order valence-electron chi connectivity index (χ4n) is 4.15. The maximum Gasteiger partial charge on any atom is 0.490 e. The van der Waals surface area contributed by atoms with E-state index in [1.807, 2.05) is 32.9 Å². The third-order valence-corrected chi connectivity index (χ3v) is 6.12. The number of benzene rings is 1. The number of nitrogens with zero attached hydrogens (tertiary/aromatic N) is 3. The molecular weight excluding hydrogens is 562 g/mol. The number of alkyl halides is 3. The van der Waals surface area contributed by atoms with Gasteiger partial charge in [0.05, 0.1) is 17.2 Å². The van der Waals surface area contributed by atoms with E-state index in [-0.39, 0.29) is 22.6 Å². The van der Waals surface area contributed by atoms with Gasteiger partial charge in [-0.1, -0.05) is 26.0 Å². The van der Waals surface area contributed by atoms with Gasteiger partial charge in [0.1, 0.15) is 11.3 Å². The fourth-order valence-corrected chi connectivity index (χ4v) is 4.15. The smallest absolute Gasteiger partial charge is 0.475 e. The van der Waals surface area contributed by atoms with Gasteiger partial charge in [0.25, 0.3) is 11.5 Å². The molecule has 4 rings (SSSR count). The van der Waals surface area contributed by atoms with E-state index in [4.69, 9.17) is 9.90 Å². The first kappa shape index (κ1) is 31.9. The van der Waals surface area contributed by atoms with Gasteiger partial charge in [0.15, 0.2) is 5.82 Å². The van der Waals surface area contributed by atoms with E-state index in [0.29, 0.717) is 22.5 Å². The topological polar surface area (TPSA) is 150 Å². The van der Waals surface area contributed by atoms with Crippen LogP contribution in [-0.4, -0.2) is 53.4 Å². The summed E-state index contributed by atoms with van der Waals surface area (Å²) >= 11 is 0. The summed E-state index contributed by atoms with van der Waals surface area (Å²) < 4.78 is 46.6. The van der Waals surface area contributed by atoms with Gasteiger partial charge in [-0.3, -0.25) is 14.6 Å². The summed E-state index contributed by atoms with van der Waals surface area (Å²) in [6.07, 6.45) is -1.94. The zero-order valence-corrected chi connectivity index (χ0v) is 23.2. The highest BCUT2D eigenvalue weighted by Crippen LogP contribution is 2.29. The number of pyridine rings is 1. The van der Waals surface area contributed by atoms with Crippen molar-refractivity contribution in [3.63, 3.8) is 0 Å². The van der Waals surface area contributed by atoms with Crippen LogP contribution in [0.2, 0.25) is 0 Å². The highest BCUT2D eigenvalue weighted by Gasteiger charge is 2.38. The standard InChI is InChI=1S/C26H28FN5O3.C2HF3O2/c1-14(2)20-19(24(33)29-22(26(4,5)35)16-8-10-18(27)11-9-16)13-32-21(20)25(34)30-23(31-32)17-7-6-15(3)28-12-17;3-2(4,5)1(6)7/h6-14,22,35H,1-5H3,(H,29,33)(H,30,31,34);(H,6,7). The van der Waals surface area contributed by atoms with E-state index in [1.54, 1.807) is 20.0 Å². The van der Waals surface area contributed by atoms with Crippen LogP contribution < -0.4 is 10.9 Å². The van der Waals surface area contributed by atoms with E-state index >= 15 is 0 Å². The lowest BCUT2D eigenvalue weighted by Crippen LogP contribution is -2.42. The molecule has 1 amide bonds. The quantitative estimate of drug-likeness (QED) is 0.241. The van der Waals surface area contributed by atoms with E-state index < -0.39 is 35.5 Å². The maximum atomic E-state index is 13.5. The van der Waals surface area contributed by atoms with Gasteiger partial charge in [0, 0.05) is 29.2 Å². The number of carboxylic acid groups (broad SMARTS) is 1. The third-order valence-electron chi connectivity index (χ3n) is 6.12. The number of aliphatic hydroxyl groups is 1. The number of aliphatic carboxylic acids is 1. The number of carbonyl (C=O) groups excluding carboxylic acids is 1. The summed E-state index contributed by atoms with van der Waals surface area (Å²) in [6, 6.07) is 8.40. The maximum absolute atomic E-state index is 13.5. The van der Waals surface area contributed by atoms with Crippen LogP contribution in [0.3, 0.4) is 0 Å². The number of H-pyrrole nitrogens is 1. The first-order valence-corrected chi connectivity index (χ1v) is 12.6. The Labute approximate surface area is 237 Å². The number of rotatable bonds is 6. The number of aromatic amines is 1. The predicted molar refractivity (Wildman–Crippen MR) is 144 cm³/mol. The second-order valence-corrected chi connectivity index (χ2v) is 10.3. The summed E-state index contributed by atoms with van der Waals surface area (Å²) in [5.41, 5.74) is 1.39. The number of aromatic nitrogens is 4. The summed E-state index contributed by atoms with van der Waals surface area (Å²) in [4.78, 5) is 42.5. The average molecular weight is 592 g/mol. The number of halogens is 4. The number of carboxylic acids is 1. The van der Waals surface area contributed by atoms with E-state index in [0.717, 1.165) is 5.69 Å². The van der Waals surface area contributed by atoms with Crippen LogP contribution in [0.5, 0.6) is 0 Å². The van der Waals surface area contributed by atoms with Crippen molar-refractivity contribution in [3.8, 4) is 11.4 Å². The number of hydrogen-bond donors (Lipinski definition) is 4. The SMILES string of the molecule is Cc1ccc(-c2nn3cc(C(=O)NC(c4ccc(F)cc4)C(C)(C)O)c(C(C)C)c3c(=O)[nH]2)cn1.O=C(O)C(F)(F)F. The highest BCUT2D eigenvalue weighted by atomic mass is 19.4. The number of carbonyl (C=O) groups is 2. The predicted octanol–water partition coefficient (Wildman–Crippen LogP) is 4.53. The van der Waals surface area contributed by atoms with Crippen LogP contribution in [-0.2, 0) is 4.79 Å². The Morgan fingerprint density at radius 2 is 1.67 bits per heavy atom. The molecule has 4 N–H and O–H groups in total. The van der Waals surface area contributed by atoms with Crippen molar-refractivity contribution in [1.29, 1.82) is 0 Å². The molecule has 3 aromatic heterocycles. The molecule has 1 unspecified atom stereocenters. The van der Waals surface area contributed by atoms with Crippen LogP contribution in [0.25, 0.3) is 16.9 Å². The third kappa shape index (κ3) is 7.37. The number of aryl methyl sites for hydroxylation is 1. The lowest BCUT2D eigenvalue weighted by molar-refractivity contribution is -0.192. The first-order chi connectivity index (χ1) is 19.4. The van der Waals surface area contributed by atoms with Crippen molar-refractivity contribution in [2.45, 2.75) is 58.4 Å². The van der Waals surface area contributed by atoms with Crippen molar-refractivity contribution in [1.82, 2.24) is 24.9 Å². The molecule has 3 heterocycles. The zero-order chi connectivity index (χ0) is 31.6. The number of nitrogens with one attached hydrogen (secondary N) is 2. The monoisotopic (exact) mass is 591 g/mol. The van der Waals surface area contributed by atoms with Crippen LogP contribution in [0.15, 0.2) is 53.6 Å². The molecule has 0 saturated heterocycles. The molecule has 10 nitrogen and oxygen atoms in total. The van der Waals surface area contributed by atoms with Crippen molar-refractivity contribution in [2.75, 3.05) is 0 Å². The molecule has 0 aliphatic rings. The molecule has 0 spiro atoms. The largest absolute Gasteiger partial charge is 0.490 e. The second-order valence-electron chi connectivity index (χ2n) is 10.3. The van der Waals surface area contributed by atoms with Gasteiger partial charge in [-0.25, -0.2) is 13.7 Å². The minimum atomic E-state index is -5.08. The molecule has 0 saturated carbocycles. The van der Waals surface area contributed by atoms with Crippen molar-refractivity contribution in [3.05, 3.63) is 87.3 Å². The molecule has 0 aliphatic carbocycles. The summed E-state index contributed by atoms with van der Waals surface area (Å²) in [7, 11) is 0. The second kappa shape index (κ2) is 12.1. The van der Waals surface area contributed by atoms with Gasteiger partial charge in [-0.2, -0.15) is 13.2 Å². The molecule has 0 bridgehead atoms. The Balaban J connectivity index is 0.000000616. The van der Waals surface area contributed by atoms with E-state index in [1.165, 1.54) is 35.0 Å². The summed E-state index contributed by atoms with van der Waals surface area (Å²) in [5, 5.41) is 25.3. The van der Waals surface area contributed by atoms with Gasteiger partial charge < -0.3 is 20.5 Å². The Morgan fingerprint density at radius 1 is 1.07 bits per heavy atom. The normalized spacial score (nSPS) is 12.5. The van der Waals surface area contributed by atoms with E-state index in [9.17, 15) is 32.3 Å². The van der Waals surface area contributed by atoms with Crippen LogP contribution >= 0.6 is 0 Å². The fraction of sp³-hybridized carbons (Fsp3) is 0.321. The Bertz CT molecular complexity index is 1640. The molecule has 14 heteroatoms. The summed E-state index contributed by atoms with van der Waals surface area (Å²) in [5.74, 6) is -3.49. The molecule has 0 radical (unpaired) electrons. The molecule has 1 atom stereocenters. The van der Waals surface area contributed by atoms with Crippen molar-refractivity contribution >= 4 is 17.4 Å². The molecule has 224 valence electrons. The number of amides is 1. The van der Waals surface area contributed by atoms with Crippen LogP contribution in [0, 0.1) is 12.7 Å². The van der Waals surface area contributed by atoms with Crippen molar-refractivity contribution < 1.29 is 37.4 Å². The van der Waals surface area contributed by atoms with Crippen molar-refractivity contribution in [2.24, 2.45) is 0 Å². The number of fused-ring (bicyclic) bond motifs is 1.